The third kappa shape index (κ3) is 4.52. The summed E-state index contributed by atoms with van der Waals surface area (Å²) in [7, 11) is 1.69. The minimum Gasteiger partial charge on any atom is -0.480 e. The maximum absolute atomic E-state index is 10.8. The number of unbranched alkanes of at least 4 members (excludes halogenated alkanes) is 1. The van der Waals surface area contributed by atoms with Crippen LogP contribution in [0.25, 0.3) is 0 Å². The fourth-order valence-corrected chi connectivity index (χ4v) is 2.08. The summed E-state index contributed by atoms with van der Waals surface area (Å²) in [5.74, 6) is 0.888. The van der Waals surface area contributed by atoms with E-state index >= 15 is 0 Å². The molecule has 0 aromatic heterocycles. The Labute approximate surface area is 84.3 Å². The molecule has 0 saturated carbocycles. The Hall–Kier alpha value is -0.220. The maximum atomic E-state index is 10.8. The van der Waals surface area contributed by atoms with Gasteiger partial charge in [0.1, 0.15) is 5.54 Å². The van der Waals surface area contributed by atoms with Crippen molar-refractivity contribution in [2.24, 2.45) is 0 Å². The van der Waals surface area contributed by atoms with Crippen LogP contribution in [0, 0.1) is 0 Å². The van der Waals surface area contributed by atoms with Gasteiger partial charge >= 0.3 is 5.97 Å². The lowest BCUT2D eigenvalue weighted by atomic mass is 10.1. The summed E-state index contributed by atoms with van der Waals surface area (Å²) in [6.45, 7) is 3.85. The number of likely N-dealkylation sites (N-methyl/N-ethyl adjacent to an activating group) is 1. The molecule has 0 aliphatic carbocycles. The van der Waals surface area contributed by atoms with E-state index in [1.807, 2.05) is 0 Å². The molecule has 3 nitrogen and oxygen atoms in total. The van der Waals surface area contributed by atoms with Gasteiger partial charge < -0.3 is 10.4 Å². The molecule has 0 fully saturated rings. The first-order valence-electron chi connectivity index (χ1n) is 4.57. The van der Waals surface area contributed by atoms with Crippen LogP contribution in [-0.4, -0.2) is 35.2 Å². The minimum absolute atomic E-state index is 0.624. The lowest BCUT2D eigenvalue weighted by molar-refractivity contribution is -0.142. The molecule has 4 heteroatoms. The number of nitrogens with one attached hydrogen (secondary N) is 1. The van der Waals surface area contributed by atoms with Gasteiger partial charge in [-0.15, -0.1) is 0 Å². The molecule has 0 amide bonds. The lowest BCUT2D eigenvalue weighted by Gasteiger charge is -2.23. The summed E-state index contributed by atoms with van der Waals surface area (Å²) in [4.78, 5) is 10.8. The van der Waals surface area contributed by atoms with E-state index in [0.29, 0.717) is 5.75 Å². The van der Waals surface area contributed by atoms with Crippen LogP contribution in [0.2, 0.25) is 0 Å². The van der Waals surface area contributed by atoms with Crippen molar-refractivity contribution < 1.29 is 9.90 Å². The van der Waals surface area contributed by atoms with Gasteiger partial charge in [-0.05, 0) is 26.1 Å². The van der Waals surface area contributed by atoms with Crippen molar-refractivity contribution in [2.75, 3.05) is 18.6 Å². The van der Waals surface area contributed by atoms with Gasteiger partial charge in [0.05, 0.1) is 0 Å². The molecular weight excluding hydrogens is 186 g/mol. The predicted molar refractivity (Wildman–Crippen MR) is 57.3 cm³/mol. The molecule has 0 saturated heterocycles. The van der Waals surface area contributed by atoms with Gasteiger partial charge in [-0.2, -0.15) is 11.8 Å². The highest BCUT2D eigenvalue weighted by molar-refractivity contribution is 7.99. The lowest BCUT2D eigenvalue weighted by Crippen LogP contribution is -2.49. The van der Waals surface area contributed by atoms with Crippen molar-refractivity contribution in [3.8, 4) is 0 Å². The van der Waals surface area contributed by atoms with E-state index in [1.165, 1.54) is 0 Å². The zero-order valence-corrected chi connectivity index (χ0v) is 9.41. The minimum atomic E-state index is -0.779. The molecule has 0 aromatic carbocycles. The molecule has 0 heterocycles. The first kappa shape index (κ1) is 12.8. The highest BCUT2D eigenvalue weighted by Gasteiger charge is 2.30. The highest BCUT2D eigenvalue weighted by atomic mass is 32.2. The molecule has 2 N–H and O–H groups in total. The smallest absolute Gasteiger partial charge is 0.324 e. The van der Waals surface area contributed by atoms with Gasteiger partial charge in [0.2, 0.25) is 0 Å². The second-order valence-electron chi connectivity index (χ2n) is 3.29. The topological polar surface area (TPSA) is 49.3 Å². The molecular formula is C9H19NO2S. The molecule has 78 valence electrons. The average Bonchev–Trinajstić information content (AvgIpc) is 2.12. The van der Waals surface area contributed by atoms with E-state index in [-0.39, 0.29) is 0 Å². The first-order chi connectivity index (χ1) is 6.06. The fraction of sp³-hybridized carbons (Fsp3) is 0.889. The Morgan fingerprint density at radius 2 is 2.23 bits per heavy atom. The number of hydrogen-bond donors (Lipinski definition) is 2. The molecule has 0 rings (SSSR count). The van der Waals surface area contributed by atoms with E-state index < -0.39 is 11.5 Å². The quantitative estimate of drug-likeness (QED) is 0.620. The molecule has 0 radical (unpaired) electrons. The number of carboxylic acid groups (broad SMARTS) is 1. The van der Waals surface area contributed by atoms with E-state index in [0.717, 1.165) is 18.6 Å². The maximum Gasteiger partial charge on any atom is 0.324 e. The van der Waals surface area contributed by atoms with E-state index in [2.05, 4.69) is 12.2 Å². The third-order valence-corrected chi connectivity index (χ3v) is 3.42. The average molecular weight is 205 g/mol. The molecule has 0 spiro atoms. The Kier molecular flexibility index (Phi) is 6.16. The standard InChI is InChI=1S/C9H19NO2S/c1-4-5-6-13-7-9(2,10-3)8(11)12/h10H,4-7H2,1-3H3,(H,11,12). The molecule has 13 heavy (non-hydrogen) atoms. The van der Waals surface area contributed by atoms with Crippen molar-refractivity contribution in [3.05, 3.63) is 0 Å². The second kappa shape index (κ2) is 6.27. The first-order valence-corrected chi connectivity index (χ1v) is 5.72. The van der Waals surface area contributed by atoms with Gasteiger partial charge in [-0.1, -0.05) is 13.3 Å². The second-order valence-corrected chi connectivity index (χ2v) is 4.40. The molecule has 0 aliphatic heterocycles. The van der Waals surface area contributed by atoms with Crippen LogP contribution in [0.4, 0.5) is 0 Å². The van der Waals surface area contributed by atoms with Gasteiger partial charge in [0.25, 0.3) is 0 Å². The Bertz CT molecular complexity index is 164. The summed E-state index contributed by atoms with van der Waals surface area (Å²) >= 11 is 1.69. The van der Waals surface area contributed by atoms with Crippen LogP contribution in [-0.2, 0) is 4.79 Å². The van der Waals surface area contributed by atoms with Crippen LogP contribution in [0.3, 0.4) is 0 Å². The summed E-state index contributed by atoms with van der Waals surface area (Å²) < 4.78 is 0. The zero-order chi connectivity index (χ0) is 10.3. The van der Waals surface area contributed by atoms with E-state index in [4.69, 9.17) is 5.11 Å². The van der Waals surface area contributed by atoms with E-state index in [9.17, 15) is 4.79 Å². The Morgan fingerprint density at radius 1 is 1.62 bits per heavy atom. The van der Waals surface area contributed by atoms with E-state index in [1.54, 1.807) is 25.7 Å². The van der Waals surface area contributed by atoms with Crippen molar-refractivity contribution in [1.82, 2.24) is 5.32 Å². The number of carboxylic acids is 1. The van der Waals surface area contributed by atoms with Crippen molar-refractivity contribution in [2.45, 2.75) is 32.2 Å². The van der Waals surface area contributed by atoms with Gasteiger partial charge in [-0.25, -0.2) is 0 Å². The van der Waals surface area contributed by atoms with Gasteiger partial charge in [0, 0.05) is 5.75 Å². The Morgan fingerprint density at radius 3 is 2.62 bits per heavy atom. The molecule has 0 aliphatic rings. The molecule has 1 unspecified atom stereocenters. The van der Waals surface area contributed by atoms with Crippen molar-refractivity contribution >= 4 is 17.7 Å². The van der Waals surface area contributed by atoms with Crippen LogP contribution in [0.1, 0.15) is 26.7 Å². The number of carbonyl (C=O) groups is 1. The number of thioether (sulfide) groups is 1. The van der Waals surface area contributed by atoms with Crippen LogP contribution < -0.4 is 5.32 Å². The molecule has 1 atom stereocenters. The SMILES string of the molecule is CCCCSCC(C)(NC)C(=O)O. The molecule has 0 bridgehead atoms. The van der Waals surface area contributed by atoms with Gasteiger partial charge in [0.15, 0.2) is 0 Å². The van der Waals surface area contributed by atoms with Crippen LogP contribution in [0.15, 0.2) is 0 Å². The van der Waals surface area contributed by atoms with Gasteiger partial charge in [-0.3, -0.25) is 4.79 Å². The Balaban J connectivity index is 3.78. The summed E-state index contributed by atoms with van der Waals surface area (Å²) in [6, 6.07) is 0. The number of aliphatic carboxylic acids is 1. The zero-order valence-electron chi connectivity index (χ0n) is 8.59. The van der Waals surface area contributed by atoms with Crippen molar-refractivity contribution in [1.29, 1.82) is 0 Å². The summed E-state index contributed by atoms with van der Waals surface area (Å²) in [6.07, 6.45) is 2.32. The molecule has 0 aromatic rings. The van der Waals surface area contributed by atoms with Crippen LogP contribution in [0.5, 0.6) is 0 Å². The predicted octanol–water partition coefficient (Wildman–Crippen LogP) is 1.58. The number of hydrogen-bond acceptors (Lipinski definition) is 3. The fourth-order valence-electron chi connectivity index (χ4n) is 0.764. The van der Waals surface area contributed by atoms with Crippen LogP contribution >= 0.6 is 11.8 Å². The van der Waals surface area contributed by atoms with Crippen molar-refractivity contribution in [3.63, 3.8) is 0 Å². The largest absolute Gasteiger partial charge is 0.480 e. The summed E-state index contributed by atoms with van der Waals surface area (Å²) in [5.41, 5.74) is -0.779. The monoisotopic (exact) mass is 205 g/mol. The highest BCUT2D eigenvalue weighted by Crippen LogP contribution is 2.14. The number of rotatable bonds is 7. The summed E-state index contributed by atoms with van der Waals surface area (Å²) in [5, 5.41) is 11.7. The third-order valence-electron chi connectivity index (χ3n) is 2.06. The normalized spacial score (nSPS) is 15.3.